The molecule has 2 heterocycles. The quantitative estimate of drug-likeness (QED) is 0.105. The van der Waals surface area contributed by atoms with Gasteiger partial charge < -0.3 is 18.6 Å². The Morgan fingerprint density at radius 3 is 2.43 bits per heavy atom. The molecule has 1 aliphatic heterocycles. The molecule has 0 atom stereocenters. The lowest BCUT2D eigenvalue weighted by molar-refractivity contribution is -0.677. The van der Waals surface area contributed by atoms with Crippen LogP contribution in [0.3, 0.4) is 0 Å². The lowest BCUT2D eigenvalue weighted by Crippen LogP contribution is -2.36. The highest BCUT2D eigenvalue weighted by molar-refractivity contribution is 7.86. The van der Waals surface area contributed by atoms with Crippen LogP contribution < -0.4 is 19.7 Å². The van der Waals surface area contributed by atoms with Crippen molar-refractivity contribution < 1.29 is 39.4 Å². The number of nitrogens with one attached hydrogen (secondary N) is 1. The van der Waals surface area contributed by atoms with Gasteiger partial charge >= 0.3 is 5.89 Å². The first kappa shape index (κ1) is 34.3. The summed E-state index contributed by atoms with van der Waals surface area (Å²) in [5.74, 6) is 0.645. The van der Waals surface area contributed by atoms with Gasteiger partial charge in [0.05, 0.1) is 33.4 Å². The van der Waals surface area contributed by atoms with E-state index in [2.05, 4.69) is 5.48 Å². The highest BCUT2D eigenvalue weighted by Gasteiger charge is 2.28. The fourth-order valence-electron chi connectivity index (χ4n) is 5.30. The monoisotopic (exact) mass is 681 g/mol. The number of allylic oxidation sites excluding steroid dienone is 2. The third-order valence-electron chi connectivity index (χ3n) is 7.88. The van der Waals surface area contributed by atoms with E-state index in [1.54, 1.807) is 11.8 Å². The summed E-state index contributed by atoms with van der Waals surface area (Å²) in [6.45, 7) is 8.34. The van der Waals surface area contributed by atoms with Gasteiger partial charge in [-0.15, -0.1) is 0 Å². The third kappa shape index (κ3) is 8.48. The summed E-state index contributed by atoms with van der Waals surface area (Å²) in [5.41, 5.74) is 9.37. The van der Waals surface area contributed by atoms with Crippen LogP contribution in [0, 0.1) is 13.8 Å². The number of fused-ring (bicyclic) bond motifs is 2. The van der Waals surface area contributed by atoms with Gasteiger partial charge in [0.15, 0.2) is 12.3 Å². The standard InChI is InChI=1S/C34H39N3O8S2/c1-5-26(21-33-36(15-10-17-47(41,42)45-35-6-2)29-19-24(3)25(4)20-32(29)44-33)22-34-37(16-18-46(38,39)40)30-23-28(13-14-31(30)43-34)27-11-8-7-9-12-27/h7-9,11-14,19-23,35H,5-6,10,15-18H2,1-4H3. The molecule has 0 fully saturated rings. The molecule has 5 rings (SSSR count). The van der Waals surface area contributed by atoms with Crippen molar-refractivity contribution in [1.29, 1.82) is 0 Å². The average molecular weight is 682 g/mol. The van der Waals surface area contributed by atoms with Crippen LogP contribution >= 0.6 is 0 Å². The highest BCUT2D eigenvalue weighted by atomic mass is 32.2. The number of anilines is 1. The van der Waals surface area contributed by atoms with Crippen LogP contribution in [-0.4, -0.2) is 46.0 Å². The minimum Gasteiger partial charge on any atom is -0.748 e. The predicted octanol–water partition coefficient (Wildman–Crippen LogP) is 5.34. The molecule has 0 saturated heterocycles. The molecular weight excluding hydrogens is 643 g/mol. The van der Waals surface area contributed by atoms with Crippen LogP contribution in [0.25, 0.3) is 28.3 Å². The van der Waals surface area contributed by atoms with Crippen LogP contribution in [0.5, 0.6) is 5.75 Å². The average Bonchev–Trinajstić information content (AvgIpc) is 3.54. The molecule has 47 heavy (non-hydrogen) atoms. The van der Waals surface area contributed by atoms with Crippen LogP contribution in [-0.2, 0) is 31.1 Å². The van der Waals surface area contributed by atoms with Gasteiger partial charge in [-0.3, -0.25) is 0 Å². The Morgan fingerprint density at radius 2 is 1.72 bits per heavy atom. The molecule has 0 bridgehead atoms. The van der Waals surface area contributed by atoms with E-state index in [-0.39, 0.29) is 18.7 Å². The highest BCUT2D eigenvalue weighted by Crippen LogP contribution is 2.42. The van der Waals surface area contributed by atoms with E-state index >= 15 is 0 Å². The summed E-state index contributed by atoms with van der Waals surface area (Å²) >= 11 is 0. The number of aryl methyl sites for hydroxylation is 3. The van der Waals surface area contributed by atoms with E-state index in [9.17, 15) is 21.4 Å². The maximum atomic E-state index is 12.3. The number of nitrogens with zero attached hydrogens (tertiary/aromatic N) is 2. The Balaban J connectivity index is 1.52. The van der Waals surface area contributed by atoms with Crippen molar-refractivity contribution in [2.24, 2.45) is 0 Å². The van der Waals surface area contributed by atoms with Crippen molar-refractivity contribution in [1.82, 2.24) is 5.48 Å². The van der Waals surface area contributed by atoms with Crippen LogP contribution in [0.2, 0.25) is 0 Å². The molecular formula is C34H39N3O8S2. The number of ether oxygens (including phenoxy) is 1. The van der Waals surface area contributed by atoms with Crippen molar-refractivity contribution in [3.05, 3.63) is 95.2 Å². The summed E-state index contributed by atoms with van der Waals surface area (Å²) < 4.78 is 78.9. The van der Waals surface area contributed by atoms with E-state index in [1.807, 2.05) is 98.2 Å². The molecule has 250 valence electrons. The smallest absolute Gasteiger partial charge is 0.374 e. The number of benzene rings is 3. The van der Waals surface area contributed by atoms with E-state index in [0.29, 0.717) is 48.3 Å². The molecule has 4 aromatic rings. The number of hydrogen-bond acceptors (Lipinski definition) is 10. The zero-order valence-electron chi connectivity index (χ0n) is 26.9. The van der Waals surface area contributed by atoms with Gasteiger partial charge in [0.25, 0.3) is 15.6 Å². The van der Waals surface area contributed by atoms with E-state index in [0.717, 1.165) is 33.3 Å². The van der Waals surface area contributed by atoms with Gasteiger partial charge in [0.1, 0.15) is 0 Å². The first-order valence-corrected chi connectivity index (χ1v) is 18.6. The second-order valence-corrected chi connectivity index (χ2v) is 14.5. The van der Waals surface area contributed by atoms with Crippen LogP contribution in [0.15, 0.2) is 82.6 Å². The molecule has 1 aliphatic rings. The maximum Gasteiger partial charge on any atom is 0.374 e. The normalized spacial score (nSPS) is 14.6. The van der Waals surface area contributed by atoms with Crippen molar-refractivity contribution in [3.63, 3.8) is 0 Å². The van der Waals surface area contributed by atoms with E-state index < -0.39 is 26.0 Å². The summed E-state index contributed by atoms with van der Waals surface area (Å²) in [6, 6.07) is 19.4. The van der Waals surface area contributed by atoms with Gasteiger partial charge in [-0.25, -0.2) is 8.42 Å². The first-order chi connectivity index (χ1) is 22.4. The zero-order valence-corrected chi connectivity index (χ0v) is 28.5. The van der Waals surface area contributed by atoms with Crippen molar-refractivity contribution in [2.45, 2.75) is 47.1 Å². The fraction of sp³-hybridized carbons (Fsp3) is 0.324. The summed E-state index contributed by atoms with van der Waals surface area (Å²) in [6.07, 6.45) is 4.52. The number of rotatable bonds is 14. The third-order valence-corrected chi connectivity index (χ3v) is 9.72. The van der Waals surface area contributed by atoms with Crippen molar-refractivity contribution >= 4 is 43.1 Å². The molecule has 11 nitrogen and oxygen atoms in total. The largest absolute Gasteiger partial charge is 0.748 e. The molecule has 13 heteroatoms. The Morgan fingerprint density at radius 1 is 0.979 bits per heavy atom. The molecule has 0 spiro atoms. The SMILES string of the molecule is CCNOS(=O)(=O)CCC[n+]1c(C=C(C=C2Oc3ccc(-c4ccccc4)cc3N2CCS(=O)(=O)[O-])CC)oc2cc(C)c(C)cc21. The number of aromatic nitrogens is 1. The van der Waals surface area contributed by atoms with Gasteiger partial charge in [-0.2, -0.15) is 22.7 Å². The molecule has 0 unspecified atom stereocenters. The maximum absolute atomic E-state index is 12.3. The summed E-state index contributed by atoms with van der Waals surface area (Å²) in [5, 5.41) is 0. The fourth-order valence-corrected chi connectivity index (χ4v) is 6.57. The zero-order chi connectivity index (χ0) is 33.8. The lowest BCUT2D eigenvalue weighted by atomic mass is 10.0. The van der Waals surface area contributed by atoms with Crippen LogP contribution in [0.1, 0.15) is 43.7 Å². The summed E-state index contributed by atoms with van der Waals surface area (Å²) in [7, 11) is -8.26. The van der Waals surface area contributed by atoms with E-state index in [4.69, 9.17) is 13.4 Å². The second-order valence-electron chi connectivity index (χ2n) is 11.3. The minimum atomic E-state index is -4.50. The second kappa shape index (κ2) is 14.4. The number of hydroxylamine groups is 1. The first-order valence-electron chi connectivity index (χ1n) is 15.5. The van der Waals surface area contributed by atoms with Gasteiger partial charge in [-0.05, 0) is 66.3 Å². The molecule has 0 aliphatic carbocycles. The Hall–Kier alpha value is -4.01. The molecule has 1 aromatic heterocycles. The molecule has 0 amide bonds. The van der Waals surface area contributed by atoms with E-state index in [1.165, 1.54) is 0 Å². The molecule has 0 radical (unpaired) electrons. The number of hydrogen-bond donors (Lipinski definition) is 1. The number of oxazole rings is 1. The summed E-state index contributed by atoms with van der Waals surface area (Å²) in [4.78, 5) is 1.70. The topological polar surface area (TPSA) is 142 Å². The van der Waals surface area contributed by atoms with Crippen molar-refractivity contribution in [3.8, 4) is 16.9 Å². The molecule has 1 N–H and O–H groups in total. The Kier molecular flexibility index (Phi) is 10.5. The lowest BCUT2D eigenvalue weighted by Gasteiger charge is -2.20. The Bertz CT molecular complexity index is 2040. The Labute approximate surface area is 275 Å². The molecule has 0 saturated carbocycles. The van der Waals surface area contributed by atoms with Crippen LogP contribution in [0.4, 0.5) is 5.69 Å². The predicted molar refractivity (Wildman–Crippen MR) is 180 cm³/mol. The van der Waals surface area contributed by atoms with Gasteiger partial charge in [-0.1, -0.05) is 50.2 Å². The van der Waals surface area contributed by atoms with Crippen molar-refractivity contribution in [2.75, 3.05) is 29.5 Å². The van der Waals surface area contributed by atoms with Gasteiger partial charge in [0.2, 0.25) is 11.5 Å². The van der Waals surface area contributed by atoms with Gasteiger partial charge in [0, 0.05) is 31.7 Å². The minimum absolute atomic E-state index is 0.0907. The molecule has 3 aromatic carbocycles.